The van der Waals surface area contributed by atoms with E-state index < -0.39 is 17.7 Å². The largest absolute Gasteiger partial charge is 0.493 e. The number of azo groups is 1. The molecule has 1 N–H and O–H groups in total. The van der Waals surface area contributed by atoms with Gasteiger partial charge < -0.3 is 24.3 Å². The summed E-state index contributed by atoms with van der Waals surface area (Å²) in [6, 6.07) is 6.60. The number of ketones is 1. The van der Waals surface area contributed by atoms with Gasteiger partial charge in [-0.05, 0) is 25.1 Å². The zero-order chi connectivity index (χ0) is 22.3. The summed E-state index contributed by atoms with van der Waals surface area (Å²) in [6.45, 7) is 1.24. The number of benzene rings is 2. The maximum absolute atomic E-state index is 12.7. The van der Waals surface area contributed by atoms with E-state index in [0.717, 1.165) is 0 Å². The van der Waals surface area contributed by atoms with Crippen LogP contribution in [0.5, 0.6) is 23.0 Å². The minimum atomic E-state index is -1.38. The van der Waals surface area contributed by atoms with Crippen LogP contribution in [0, 0.1) is 0 Å². The van der Waals surface area contributed by atoms with Gasteiger partial charge >= 0.3 is 0 Å². The molecule has 0 aliphatic heterocycles. The van der Waals surface area contributed by atoms with Gasteiger partial charge in [-0.1, -0.05) is 17.7 Å². The number of hydrogen-bond donors (Lipinski definition) is 1. The smallest absolute Gasteiger partial charge is 0.258 e. The second-order valence-corrected chi connectivity index (χ2v) is 6.33. The quantitative estimate of drug-likeness (QED) is 0.470. The Balaban J connectivity index is 2.30. The number of halogens is 1. The van der Waals surface area contributed by atoms with E-state index >= 15 is 0 Å². The highest BCUT2D eigenvalue weighted by atomic mass is 35.5. The number of nitrogens with zero attached hydrogens (tertiary/aromatic N) is 2. The molecular formula is C20H22ClN3O6. The van der Waals surface area contributed by atoms with Gasteiger partial charge in [-0.2, -0.15) is 10.2 Å². The van der Waals surface area contributed by atoms with Gasteiger partial charge in [-0.15, -0.1) is 0 Å². The van der Waals surface area contributed by atoms with Gasteiger partial charge in [0, 0.05) is 11.8 Å². The highest BCUT2D eigenvalue weighted by Crippen LogP contribution is 2.38. The van der Waals surface area contributed by atoms with Crippen LogP contribution in [0.25, 0.3) is 0 Å². The van der Waals surface area contributed by atoms with Gasteiger partial charge in [0.25, 0.3) is 5.91 Å². The third-order valence-electron chi connectivity index (χ3n) is 4.00. The molecule has 1 atom stereocenters. The van der Waals surface area contributed by atoms with Crippen molar-refractivity contribution >= 4 is 34.7 Å². The Labute approximate surface area is 178 Å². The first-order valence-corrected chi connectivity index (χ1v) is 9.08. The van der Waals surface area contributed by atoms with Crippen molar-refractivity contribution in [2.24, 2.45) is 10.2 Å². The molecule has 9 nitrogen and oxygen atoms in total. The fourth-order valence-corrected chi connectivity index (χ4v) is 2.88. The molecule has 0 saturated heterocycles. The number of anilines is 1. The molecule has 0 heterocycles. The van der Waals surface area contributed by atoms with Gasteiger partial charge in [0.2, 0.25) is 6.04 Å². The minimum Gasteiger partial charge on any atom is -0.493 e. The maximum atomic E-state index is 12.7. The third kappa shape index (κ3) is 5.18. The van der Waals surface area contributed by atoms with Gasteiger partial charge in [-0.3, -0.25) is 9.59 Å². The first-order chi connectivity index (χ1) is 14.4. The van der Waals surface area contributed by atoms with Gasteiger partial charge in [-0.25, -0.2) is 0 Å². The summed E-state index contributed by atoms with van der Waals surface area (Å²) in [5.41, 5.74) is 0.619. The van der Waals surface area contributed by atoms with Gasteiger partial charge in [0.05, 0.1) is 33.5 Å². The van der Waals surface area contributed by atoms with Gasteiger partial charge in [0.15, 0.2) is 28.8 Å². The summed E-state index contributed by atoms with van der Waals surface area (Å²) in [5, 5.41) is 10.7. The molecule has 30 heavy (non-hydrogen) atoms. The molecule has 0 saturated carbocycles. The molecule has 0 aliphatic carbocycles. The normalized spacial score (nSPS) is 11.7. The van der Waals surface area contributed by atoms with Crippen molar-refractivity contribution < 1.29 is 28.5 Å². The number of carbonyl (C=O) groups is 2. The SMILES string of the molecule is COc1cc(NC(=O)C(N=Nc2cccc(OC)c2OC)C(C)=O)cc(Cl)c1OC. The van der Waals surface area contributed by atoms with Crippen LogP contribution in [-0.2, 0) is 9.59 Å². The number of para-hydroxylation sites is 1. The molecule has 0 fully saturated rings. The number of hydrogen-bond acceptors (Lipinski definition) is 8. The first kappa shape index (κ1) is 23.0. The van der Waals surface area contributed by atoms with Crippen LogP contribution in [0.15, 0.2) is 40.6 Å². The zero-order valence-corrected chi connectivity index (χ0v) is 17.9. The standard InChI is InChI=1S/C20H22ClN3O6/c1-11(25)17(24-23-14-7-6-8-15(27-2)19(14)30-5)20(26)22-12-9-13(21)18(29-4)16(10-12)28-3/h6-10,17H,1-5H3,(H,22,26). The van der Waals surface area contributed by atoms with Crippen molar-refractivity contribution in [1.82, 2.24) is 0 Å². The fraction of sp³-hybridized carbons (Fsp3) is 0.300. The Kier molecular flexibility index (Phi) is 7.99. The highest BCUT2D eigenvalue weighted by molar-refractivity contribution is 6.32. The average Bonchev–Trinajstić information content (AvgIpc) is 2.72. The summed E-state index contributed by atoms with van der Waals surface area (Å²) >= 11 is 6.15. The Hall–Kier alpha value is -3.33. The van der Waals surface area contributed by atoms with E-state index in [1.54, 1.807) is 18.2 Å². The first-order valence-electron chi connectivity index (χ1n) is 8.70. The van der Waals surface area contributed by atoms with Crippen LogP contribution >= 0.6 is 11.6 Å². The third-order valence-corrected chi connectivity index (χ3v) is 4.28. The molecule has 2 aromatic carbocycles. The van der Waals surface area contributed by atoms with Crippen molar-refractivity contribution in [1.29, 1.82) is 0 Å². The number of methoxy groups -OCH3 is 4. The maximum Gasteiger partial charge on any atom is 0.258 e. The van der Waals surface area contributed by atoms with Crippen LogP contribution in [0.3, 0.4) is 0 Å². The van der Waals surface area contributed by atoms with Crippen molar-refractivity contribution in [2.45, 2.75) is 13.0 Å². The van der Waals surface area contributed by atoms with E-state index in [9.17, 15) is 9.59 Å². The Morgan fingerprint density at radius 1 is 0.967 bits per heavy atom. The summed E-state index contributed by atoms with van der Waals surface area (Å²) < 4.78 is 20.8. The Morgan fingerprint density at radius 3 is 2.20 bits per heavy atom. The topological polar surface area (TPSA) is 108 Å². The predicted molar refractivity (Wildman–Crippen MR) is 112 cm³/mol. The molecule has 0 bridgehead atoms. The van der Waals surface area contributed by atoms with Crippen molar-refractivity contribution in [3.8, 4) is 23.0 Å². The summed E-state index contributed by atoms with van der Waals surface area (Å²) in [6.07, 6.45) is 0. The molecular weight excluding hydrogens is 414 g/mol. The molecule has 0 spiro atoms. The molecule has 1 amide bonds. The molecule has 1 unspecified atom stereocenters. The van der Waals surface area contributed by atoms with Crippen LogP contribution in [0.4, 0.5) is 11.4 Å². The van der Waals surface area contributed by atoms with Gasteiger partial charge in [0.1, 0.15) is 5.69 Å². The number of amides is 1. The predicted octanol–water partition coefficient (Wildman–Crippen LogP) is 4.05. The van der Waals surface area contributed by atoms with E-state index in [-0.39, 0.29) is 5.02 Å². The van der Waals surface area contributed by atoms with Crippen molar-refractivity contribution in [3.05, 3.63) is 35.4 Å². The van der Waals surface area contributed by atoms with Crippen molar-refractivity contribution in [3.63, 3.8) is 0 Å². The lowest BCUT2D eigenvalue weighted by atomic mass is 10.2. The Bertz CT molecular complexity index is 964. The van der Waals surface area contributed by atoms with E-state index in [0.29, 0.717) is 34.4 Å². The van der Waals surface area contributed by atoms with Crippen LogP contribution in [-0.4, -0.2) is 46.2 Å². The van der Waals surface area contributed by atoms with E-state index in [1.807, 2.05) is 0 Å². The van der Waals surface area contributed by atoms with Crippen molar-refractivity contribution in [2.75, 3.05) is 33.8 Å². The van der Waals surface area contributed by atoms with Crippen LogP contribution in [0.2, 0.25) is 5.02 Å². The lowest BCUT2D eigenvalue weighted by molar-refractivity contribution is -0.126. The second kappa shape index (κ2) is 10.4. The molecule has 2 rings (SSSR count). The number of nitrogens with one attached hydrogen (secondary N) is 1. The average molecular weight is 436 g/mol. The number of ether oxygens (including phenoxy) is 4. The summed E-state index contributed by atoms with van der Waals surface area (Å²) in [5.74, 6) is 0.240. The zero-order valence-electron chi connectivity index (χ0n) is 17.2. The number of Topliss-reactive ketones (excluding diaryl/α,β-unsaturated/α-hetero) is 1. The van der Waals surface area contributed by atoms with E-state index in [2.05, 4.69) is 15.5 Å². The lowest BCUT2D eigenvalue weighted by Crippen LogP contribution is -2.31. The van der Waals surface area contributed by atoms with Crippen LogP contribution < -0.4 is 24.3 Å². The van der Waals surface area contributed by atoms with E-state index in [1.165, 1.54) is 47.5 Å². The highest BCUT2D eigenvalue weighted by Gasteiger charge is 2.24. The summed E-state index contributed by atoms with van der Waals surface area (Å²) in [7, 11) is 5.82. The molecule has 0 aliphatic rings. The van der Waals surface area contributed by atoms with Crippen LogP contribution in [0.1, 0.15) is 6.92 Å². The van der Waals surface area contributed by atoms with E-state index in [4.69, 9.17) is 30.5 Å². The summed E-state index contributed by atoms with van der Waals surface area (Å²) in [4.78, 5) is 24.7. The second-order valence-electron chi connectivity index (χ2n) is 5.92. The number of carbonyl (C=O) groups excluding carboxylic acids is 2. The molecule has 0 aromatic heterocycles. The molecule has 0 radical (unpaired) electrons. The fourth-order valence-electron chi connectivity index (χ4n) is 2.59. The monoisotopic (exact) mass is 435 g/mol. The Morgan fingerprint density at radius 2 is 1.63 bits per heavy atom. The molecule has 10 heteroatoms. The minimum absolute atomic E-state index is 0.231. The molecule has 2 aromatic rings. The molecule has 160 valence electrons. The lowest BCUT2D eigenvalue weighted by Gasteiger charge is -2.14. The number of rotatable bonds is 9.